The van der Waals surface area contributed by atoms with E-state index in [0.717, 1.165) is 6.61 Å². The van der Waals surface area contributed by atoms with Crippen molar-refractivity contribution in [2.45, 2.75) is 24.4 Å². The van der Waals surface area contributed by atoms with E-state index in [-0.39, 0.29) is 0 Å². The van der Waals surface area contributed by atoms with Crippen LogP contribution in [-0.2, 0) is 14.3 Å². The van der Waals surface area contributed by atoms with Crippen LogP contribution < -0.4 is 0 Å². The van der Waals surface area contributed by atoms with Crippen LogP contribution >= 0.6 is 0 Å². The Labute approximate surface area is 85.9 Å². The van der Waals surface area contributed by atoms with Gasteiger partial charge in [0.15, 0.2) is 0 Å². The summed E-state index contributed by atoms with van der Waals surface area (Å²) in [5.41, 5.74) is 0. The van der Waals surface area contributed by atoms with E-state index < -0.39 is 43.6 Å². The van der Waals surface area contributed by atoms with E-state index in [1.807, 2.05) is 0 Å². The van der Waals surface area contributed by atoms with Gasteiger partial charge in [0.25, 0.3) is 0 Å². The minimum atomic E-state index is -1.27. The number of aliphatic hydroxyl groups is 3. The molecule has 15 heavy (non-hydrogen) atoms. The van der Waals surface area contributed by atoms with Crippen LogP contribution in [0.3, 0.4) is 0 Å². The van der Waals surface area contributed by atoms with Gasteiger partial charge in [-0.2, -0.15) is 0 Å². The molecular formula is C8H13O7. The lowest BCUT2D eigenvalue weighted by Gasteiger charge is -2.36. The monoisotopic (exact) mass is 221 g/mol. The number of aliphatic hydroxyl groups excluding tert-OH is 3. The smallest absolute Gasteiger partial charge is 0.329 e. The molecule has 0 aromatic rings. The van der Waals surface area contributed by atoms with Gasteiger partial charge in [0.2, 0.25) is 0 Å². The van der Waals surface area contributed by atoms with Gasteiger partial charge >= 0.3 is 5.97 Å². The largest absolute Gasteiger partial charge is 0.480 e. The average molecular weight is 221 g/mol. The summed E-state index contributed by atoms with van der Waals surface area (Å²) in [5.74, 6) is -1.21. The standard InChI is InChI=1S/C8H13O7/c9-1-5-7(13)8(4(10)2-14-5)15-3-6(11)12/h2,4-5,7-10,13H,1,3H2,(H,11,12)/t4-,5+,7-,8+/m0/s1. The highest BCUT2D eigenvalue weighted by Crippen LogP contribution is 2.20. The van der Waals surface area contributed by atoms with Crippen molar-refractivity contribution in [3.8, 4) is 0 Å². The second-order valence-electron chi connectivity index (χ2n) is 3.14. The first-order valence-corrected chi connectivity index (χ1v) is 4.35. The molecule has 1 heterocycles. The number of hydrogen-bond donors (Lipinski definition) is 4. The summed E-state index contributed by atoms with van der Waals surface area (Å²) in [6, 6.07) is 0. The van der Waals surface area contributed by atoms with E-state index in [9.17, 15) is 15.0 Å². The number of carboxylic acids is 1. The number of carbonyl (C=O) groups is 1. The summed E-state index contributed by atoms with van der Waals surface area (Å²) in [5, 5.41) is 36.0. The molecule has 0 aromatic heterocycles. The van der Waals surface area contributed by atoms with Gasteiger partial charge in [-0.05, 0) is 0 Å². The van der Waals surface area contributed by atoms with Crippen LogP contribution in [-0.4, -0.2) is 64.0 Å². The summed E-state index contributed by atoms with van der Waals surface area (Å²) < 4.78 is 9.57. The normalized spacial score (nSPS) is 36.5. The Morgan fingerprint density at radius 2 is 2.13 bits per heavy atom. The molecule has 7 heteroatoms. The predicted octanol–water partition coefficient (Wildman–Crippen LogP) is -2.27. The van der Waals surface area contributed by atoms with Crippen LogP contribution in [0.1, 0.15) is 0 Å². The van der Waals surface area contributed by atoms with Crippen molar-refractivity contribution in [2.24, 2.45) is 0 Å². The fraction of sp³-hybridized carbons (Fsp3) is 0.750. The van der Waals surface area contributed by atoms with Crippen molar-refractivity contribution in [2.75, 3.05) is 13.2 Å². The molecule has 4 atom stereocenters. The van der Waals surface area contributed by atoms with Crippen LogP contribution in [0.4, 0.5) is 0 Å². The Morgan fingerprint density at radius 1 is 1.47 bits per heavy atom. The molecule has 1 radical (unpaired) electrons. The maximum atomic E-state index is 10.2. The molecule has 1 fully saturated rings. The fourth-order valence-electron chi connectivity index (χ4n) is 1.27. The van der Waals surface area contributed by atoms with Gasteiger partial charge < -0.3 is 29.9 Å². The van der Waals surface area contributed by atoms with Crippen molar-refractivity contribution in [3.63, 3.8) is 0 Å². The summed E-state index contributed by atoms with van der Waals surface area (Å²) in [6.45, 7) is -0.0811. The molecule has 0 spiro atoms. The van der Waals surface area contributed by atoms with Crippen molar-refractivity contribution in [3.05, 3.63) is 6.61 Å². The van der Waals surface area contributed by atoms with Gasteiger partial charge in [0.05, 0.1) is 6.61 Å². The molecule has 1 saturated heterocycles. The first-order valence-electron chi connectivity index (χ1n) is 4.35. The quantitative estimate of drug-likeness (QED) is 0.423. The molecule has 0 amide bonds. The topological polar surface area (TPSA) is 116 Å². The number of ether oxygens (including phenoxy) is 2. The molecule has 0 aliphatic carbocycles. The first-order chi connectivity index (χ1) is 7.06. The second kappa shape index (κ2) is 5.38. The van der Waals surface area contributed by atoms with E-state index in [1.54, 1.807) is 0 Å². The lowest BCUT2D eigenvalue weighted by Crippen LogP contribution is -2.53. The fourth-order valence-corrected chi connectivity index (χ4v) is 1.27. The third kappa shape index (κ3) is 3.11. The molecule has 87 valence electrons. The average Bonchev–Trinajstić information content (AvgIpc) is 2.17. The minimum absolute atomic E-state index is 0.447. The number of carboxylic acid groups (broad SMARTS) is 1. The molecule has 0 bridgehead atoms. The van der Waals surface area contributed by atoms with Crippen LogP contribution in [0, 0.1) is 6.61 Å². The van der Waals surface area contributed by atoms with Crippen LogP contribution in [0.15, 0.2) is 0 Å². The Morgan fingerprint density at radius 3 is 2.67 bits per heavy atom. The molecule has 7 nitrogen and oxygen atoms in total. The lowest BCUT2D eigenvalue weighted by molar-refractivity contribution is -0.192. The van der Waals surface area contributed by atoms with Crippen molar-refractivity contribution in [1.29, 1.82) is 0 Å². The maximum absolute atomic E-state index is 10.2. The zero-order valence-electron chi connectivity index (χ0n) is 7.81. The van der Waals surface area contributed by atoms with E-state index in [4.69, 9.17) is 19.7 Å². The van der Waals surface area contributed by atoms with Gasteiger partial charge in [-0.1, -0.05) is 0 Å². The Balaban J connectivity index is 2.53. The summed E-state index contributed by atoms with van der Waals surface area (Å²) >= 11 is 0. The molecule has 0 unspecified atom stereocenters. The molecule has 4 N–H and O–H groups in total. The van der Waals surface area contributed by atoms with E-state index in [1.165, 1.54) is 0 Å². The molecular weight excluding hydrogens is 208 g/mol. The Kier molecular flexibility index (Phi) is 4.43. The zero-order chi connectivity index (χ0) is 11.4. The molecule has 1 aliphatic rings. The SMILES string of the molecule is O=C(O)CO[C@H]1[C@@H](O)[C@@H](CO)O[CH][C@@H]1O. The zero-order valence-corrected chi connectivity index (χ0v) is 7.81. The number of aliphatic carboxylic acids is 1. The third-order valence-electron chi connectivity index (χ3n) is 2.03. The van der Waals surface area contributed by atoms with E-state index in [2.05, 4.69) is 0 Å². The molecule has 1 aliphatic heterocycles. The van der Waals surface area contributed by atoms with Crippen molar-refractivity contribution >= 4 is 5.97 Å². The highest BCUT2D eigenvalue weighted by Gasteiger charge is 2.39. The minimum Gasteiger partial charge on any atom is -0.480 e. The second-order valence-corrected chi connectivity index (χ2v) is 3.14. The number of hydrogen-bond acceptors (Lipinski definition) is 6. The molecule has 0 aromatic carbocycles. The molecule has 1 rings (SSSR count). The highest BCUT2D eigenvalue weighted by atomic mass is 16.6. The Hall–Kier alpha value is -0.730. The maximum Gasteiger partial charge on any atom is 0.329 e. The van der Waals surface area contributed by atoms with Crippen LogP contribution in [0.5, 0.6) is 0 Å². The van der Waals surface area contributed by atoms with Gasteiger partial charge in [0, 0.05) is 0 Å². The summed E-state index contributed by atoms with van der Waals surface area (Å²) in [4.78, 5) is 10.2. The summed E-state index contributed by atoms with van der Waals surface area (Å²) in [6.07, 6.45) is -4.50. The van der Waals surface area contributed by atoms with E-state index in [0.29, 0.717) is 0 Å². The van der Waals surface area contributed by atoms with Gasteiger partial charge in [0.1, 0.15) is 37.6 Å². The van der Waals surface area contributed by atoms with Gasteiger partial charge in [-0.15, -0.1) is 0 Å². The summed E-state index contributed by atoms with van der Waals surface area (Å²) in [7, 11) is 0. The van der Waals surface area contributed by atoms with Crippen molar-refractivity contribution in [1.82, 2.24) is 0 Å². The predicted molar refractivity (Wildman–Crippen MR) is 45.6 cm³/mol. The van der Waals surface area contributed by atoms with Crippen LogP contribution in [0.25, 0.3) is 0 Å². The van der Waals surface area contributed by atoms with Crippen molar-refractivity contribution < 1.29 is 34.7 Å². The first kappa shape index (κ1) is 12.3. The highest BCUT2D eigenvalue weighted by molar-refractivity contribution is 5.68. The number of rotatable bonds is 4. The van der Waals surface area contributed by atoms with Gasteiger partial charge in [-0.25, -0.2) is 4.79 Å². The Bertz CT molecular complexity index is 219. The molecule has 0 saturated carbocycles. The van der Waals surface area contributed by atoms with Crippen LogP contribution in [0.2, 0.25) is 0 Å². The van der Waals surface area contributed by atoms with Gasteiger partial charge in [-0.3, -0.25) is 0 Å². The lowest BCUT2D eigenvalue weighted by atomic mass is 10.0. The third-order valence-corrected chi connectivity index (χ3v) is 2.03. The van der Waals surface area contributed by atoms with E-state index >= 15 is 0 Å².